The lowest BCUT2D eigenvalue weighted by Gasteiger charge is -2.09. The molecule has 0 heterocycles. The van der Waals surface area contributed by atoms with Gasteiger partial charge in [0.2, 0.25) is 0 Å². The van der Waals surface area contributed by atoms with Crippen LogP contribution in [0.2, 0.25) is 0 Å². The van der Waals surface area contributed by atoms with Crippen molar-refractivity contribution in [1.29, 1.82) is 0 Å². The van der Waals surface area contributed by atoms with E-state index in [1.165, 1.54) is 25.3 Å². The van der Waals surface area contributed by atoms with E-state index in [9.17, 15) is 19.7 Å². The summed E-state index contributed by atoms with van der Waals surface area (Å²) < 4.78 is 4.96. The molecule has 2 amide bonds. The molecule has 0 saturated heterocycles. The van der Waals surface area contributed by atoms with Crippen LogP contribution < -0.4 is 15.4 Å². The van der Waals surface area contributed by atoms with Crippen molar-refractivity contribution in [1.82, 2.24) is 5.32 Å². The van der Waals surface area contributed by atoms with Crippen LogP contribution in [0.15, 0.2) is 30.9 Å². The van der Waals surface area contributed by atoms with E-state index < -0.39 is 16.7 Å². The first kappa shape index (κ1) is 15.2. The van der Waals surface area contributed by atoms with Crippen LogP contribution in [0, 0.1) is 10.1 Å². The van der Waals surface area contributed by atoms with Crippen molar-refractivity contribution in [3.05, 3.63) is 41.0 Å². The summed E-state index contributed by atoms with van der Waals surface area (Å²) >= 11 is 0. The predicted octanol–water partition coefficient (Wildman–Crippen LogP) is 0.844. The molecule has 0 aliphatic carbocycles. The Morgan fingerprint density at radius 1 is 1.45 bits per heavy atom. The number of ether oxygens (including phenoxy) is 1. The standard InChI is InChI=1S/C12H13N3O5/c1-3-6-13-11(16)12(17)14-9-7-8(15(18)19)4-5-10(9)20-2/h3-5,7H,1,6H2,2H3,(H,13,16)(H,14,17). The smallest absolute Gasteiger partial charge is 0.313 e. The zero-order chi connectivity index (χ0) is 15.1. The maximum absolute atomic E-state index is 11.6. The summed E-state index contributed by atoms with van der Waals surface area (Å²) in [7, 11) is 1.34. The molecule has 106 valence electrons. The average molecular weight is 279 g/mol. The van der Waals surface area contributed by atoms with Gasteiger partial charge in [0, 0.05) is 18.7 Å². The molecular formula is C12H13N3O5. The van der Waals surface area contributed by atoms with Crippen LogP contribution in [0.4, 0.5) is 11.4 Å². The summed E-state index contributed by atoms with van der Waals surface area (Å²) in [6.07, 6.45) is 1.42. The van der Waals surface area contributed by atoms with Crippen LogP contribution in [-0.2, 0) is 9.59 Å². The van der Waals surface area contributed by atoms with Gasteiger partial charge in [0.05, 0.1) is 17.7 Å². The Kier molecular flexibility index (Phi) is 5.21. The summed E-state index contributed by atoms with van der Waals surface area (Å²) in [5, 5.41) is 15.2. The summed E-state index contributed by atoms with van der Waals surface area (Å²) in [5.41, 5.74) is -0.187. The lowest BCUT2D eigenvalue weighted by atomic mass is 10.2. The van der Waals surface area contributed by atoms with Crippen LogP contribution in [0.1, 0.15) is 0 Å². The van der Waals surface area contributed by atoms with Gasteiger partial charge in [-0.1, -0.05) is 6.08 Å². The van der Waals surface area contributed by atoms with Crippen molar-refractivity contribution >= 4 is 23.2 Å². The third-order valence-corrected chi connectivity index (χ3v) is 2.26. The maximum atomic E-state index is 11.6. The predicted molar refractivity (Wildman–Crippen MR) is 71.5 cm³/mol. The molecule has 0 aromatic heterocycles. The lowest BCUT2D eigenvalue weighted by Crippen LogP contribution is -2.35. The molecule has 0 radical (unpaired) electrons. The lowest BCUT2D eigenvalue weighted by molar-refractivity contribution is -0.384. The Bertz CT molecular complexity index is 556. The van der Waals surface area contributed by atoms with Gasteiger partial charge in [0.15, 0.2) is 0 Å². The van der Waals surface area contributed by atoms with Crippen LogP contribution >= 0.6 is 0 Å². The van der Waals surface area contributed by atoms with Gasteiger partial charge >= 0.3 is 11.8 Å². The van der Waals surface area contributed by atoms with E-state index in [0.29, 0.717) is 0 Å². The third kappa shape index (κ3) is 3.80. The molecule has 1 rings (SSSR count). The minimum atomic E-state index is -0.953. The van der Waals surface area contributed by atoms with Gasteiger partial charge in [-0.05, 0) is 6.07 Å². The van der Waals surface area contributed by atoms with Gasteiger partial charge in [-0.2, -0.15) is 0 Å². The van der Waals surface area contributed by atoms with Gasteiger partial charge in [0.25, 0.3) is 5.69 Å². The minimum Gasteiger partial charge on any atom is -0.495 e. The first-order chi connectivity index (χ1) is 9.49. The number of rotatable bonds is 5. The molecule has 0 atom stereocenters. The number of nitro groups is 1. The third-order valence-electron chi connectivity index (χ3n) is 2.26. The molecule has 1 aromatic carbocycles. The highest BCUT2D eigenvalue weighted by atomic mass is 16.6. The first-order valence-corrected chi connectivity index (χ1v) is 5.52. The molecule has 0 aliphatic rings. The number of hydrogen-bond acceptors (Lipinski definition) is 5. The number of non-ortho nitro benzene ring substituents is 1. The topological polar surface area (TPSA) is 111 Å². The number of carbonyl (C=O) groups excluding carboxylic acids is 2. The van der Waals surface area contributed by atoms with Crippen molar-refractivity contribution < 1.29 is 19.2 Å². The molecule has 0 spiro atoms. The minimum absolute atomic E-state index is 0.0421. The van der Waals surface area contributed by atoms with Crippen LogP contribution in [0.25, 0.3) is 0 Å². The van der Waals surface area contributed by atoms with Gasteiger partial charge < -0.3 is 15.4 Å². The number of carbonyl (C=O) groups is 2. The molecule has 8 nitrogen and oxygen atoms in total. The molecule has 2 N–H and O–H groups in total. The molecule has 8 heteroatoms. The second-order valence-corrected chi connectivity index (χ2v) is 3.59. The van der Waals surface area contributed by atoms with E-state index in [0.717, 1.165) is 6.07 Å². The van der Waals surface area contributed by atoms with E-state index in [4.69, 9.17) is 4.74 Å². The normalized spacial score (nSPS) is 9.45. The summed E-state index contributed by atoms with van der Waals surface area (Å²) in [6, 6.07) is 3.67. The van der Waals surface area contributed by atoms with Gasteiger partial charge in [-0.3, -0.25) is 19.7 Å². The van der Waals surface area contributed by atoms with Crippen molar-refractivity contribution in [3.8, 4) is 5.75 Å². The molecule has 0 unspecified atom stereocenters. The van der Waals surface area contributed by atoms with Crippen LogP contribution in [0.5, 0.6) is 5.75 Å². The molecule has 0 fully saturated rings. The fourth-order valence-corrected chi connectivity index (χ4v) is 1.33. The Hall–Kier alpha value is -2.90. The number of amides is 2. The second kappa shape index (κ2) is 6.88. The van der Waals surface area contributed by atoms with Crippen LogP contribution in [0.3, 0.4) is 0 Å². The molecule has 0 saturated carbocycles. The maximum Gasteiger partial charge on any atom is 0.313 e. The van der Waals surface area contributed by atoms with E-state index in [2.05, 4.69) is 17.2 Å². The number of anilines is 1. The number of hydrogen-bond donors (Lipinski definition) is 2. The molecule has 1 aromatic rings. The zero-order valence-corrected chi connectivity index (χ0v) is 10.7. The Morgan fingerprint density at radius 2 is 2.15 bits per heavy atom. The van der Waals surface area contributed by atoms with E-state index in [1.54, 1.807) is 0 Å². The molecule has 20 heavy (non-hydrogen) atoms. The highest BCUT2D eigenvalue weighted by Gasteiger charge is 2.17. The summed E-state index contributed by atoms with van der Waals surface area (Å²) in [5.74, 6) is -1.62. The van der Waals surface area contributed by atoms with Gasteiger partial charge in [-0.15, -0.1) is 6.58 Å². The fraction of sp³-hybridized carbons (Fsp3) is 0.167. The highest BCUT2D eigenvalue weighted by Crippen LogP contribution is 2.28. The molecule has 0 aliphatic heterocycles. The highest BCUT2D eigenvalue weighted by molar-refractivity contribution is 6.39. The average Bonchev–Trinajstić information content (AvgIpc) is 2.44. The van der Waals surface area contributed by atoms with Crippen LogP contribution in [-0.4, -0.2) is 30.4 Å². The number of benzene rings is 1. The quantitative estimate of drug-likeness (QED) is 0.359. The second-order valence-electron chi connectivity index (χ2n) is 3.59. The van der Waals surface area contributed by atoms with Crippen molar-refractivity contribution in [2.24, 2.45) is 0 Å². The van der Waals surface area contributed by atoms with E-state index in [1.807, 2.05) is 0 Å². The number of nitrogens with zero attached hydrogens (tertiary/aromatic N) is 1. The Labute approximate surface area is 114 Å². The number of nitro benzene ring substituents is 1. The van der Waals surface area contributed by atoms with Gasteiger partial charge in [0.1, 0.15) is 5.75 Å². The zero-order valence-electron chi connectivity index (χ0n) is 10.7. The Balaban J connectivity index is 2.92. The van der Waals surface area contributed by atoms with Crippen molar-refractivity contribution in [2.75, 3.05) is 19.0 Å². The monoisotopic (exact) mass is 279 g/mol. The summed E-state index contributed by atoms with van der Waals surface area (Å²) in [4.78, 5) is 33.0. The number of nitrogens with one attached hydrogen (secondary N) is 2. The Morgan fingerprint density at radius 3 is 2.70 bits per heavy atom. The summed E-state index contributed by atoms with van der Waals surface area (Å²) in [6.45, 7) is 3.53. The van der Waals surface area contributed by atoms with Crippen molar-refractivity contribution in [2.45, 2.75) is 0 Å². The first-order valence-electron chi connectivity index (χ1n) is 5.52. The SMILES string of the molecule is C=CCNC(=O)C(=O)Nc1cc([N+](=O)[O-])ccc1OC. The molecular weight excluding hydrogens is 266 g/mol. The number of methoxy groups -OCH3 is 1. The fourth-order valence-electron chi connectivity index (χ4n) is 1.33. The van der Waals surface area contributed by atoms with E-state index in [-0.39, 0.29) is 23.7 Å². The van der Waals surface area contributed by atoms with E-state index >= 15 is 0 Å². The largest absolute Gasteiger partial charge is 0.495 e. The van der Waals surface area contributed by atoms with Gasteiger partial charge in [-0.25, -0.2) is 0 Å². The molecule has 0 bridgehead atoms. The van der Waals surface area contributed by atoms with Crippen molar-refractivity contribution in [3.63, 3.8) is 0 Å².